The third-order valence-corrected chi connectivity index (χ3v) is 0.914. The molecule has 0 unspecified atom stereocenters. The summed E-state index contributed by atoms with van der Waals surface area (Å²) in [6.45, 7) is -0.544. The van der Waals surface area contributed by atoms with Crippen molar-refractivity contribution in [1.82, 2.24) is 0 Å². The first-order chi connectivity index (χ1) is 4.71. The molecule has 0 saturated heterocycles. The molecule has 0 bridgehead atoms. The van der Waals surface area contributed by atoms with Crippen LogP contribution in [0, 0.1) is 6.61 Å². The van der Waals surface area contributed by atoms with Crippen LogP contribution in [-0.4, -0.2) is 20.5 Å². The van der Waals surface area contributed by atoms with E-state index in [4.69, 9.17) is 0 Å². The van der Waals surface area contributed by atoms with Crippen molar-refractivity contribution in [3.63, 3.8) is 0 Å². The molecule has 0 amide bonds. The molecule has 4 nitrogen and oxygen atoms in total. The lowest BCUT2D eigenvalue weighted by molar-refractivity contribution is -0.134. The first-order valence-corrected chi connectivity index (χ1v) is 3.95. The lowest BCUT2D eigenvalue weighted by atomic mass is 10.7. The van der Waals surface area contributed by atoms with Crippen LogP contribution >= 0.6 is 0 Å². The zero-order valence-corrected chi connectivity index (χ0v) is 5.95. The molecule has 0 aromatic carbocycles. The standard InChI is InChI=1S/C3H5F3NO3S/c4-3(5,6)1-10-2-11(7,8)9/h1H,2H2,(H2,7,8,9). The van der Waals surface area contributed by atoms with E-state index in [0.717, 1.165) is 0 Å². The fourth-order valence-corrected chi connectivity index (χ4v) is 0.481. The summed E-state index contributed by atoms with van der Waals surface area (Å²) in [6, 6.07) is 0. The Balaban J connectivity index is 3.61. The quantitative estimate of drug-likeness (QED) is 0.682. The number of hydrogen-bond donors (Lipinski definition) is 1. The third kappa shape index (κ3) is 9.66. The lowest BCUT2D eigenvalue weighted by Gasteiger charge is -2.04. The summed E-state index contributed by atoms with van der Waals surface area (Å²) >= 11 is 0. The van der Waals surface area contributed by atoms with Gasteiger partial charge in [0.15, 0.2) is 12.5 Å². The van der Waals surface area contributed by atoms with Gasteiger partial charge in [0.25, 0.3) is 0 Å². The van der Waals surface area contributed by atoms with Crippen LogP contribution in [0.1, 0.15) is 0 Å². The zero-order chi connectivity index (χ0) is 9.12. The number of rotatable bonds is 3. The molecular weight excluding hydrogens is 187 g/mol. The van der Waals surface area contributed by atoms with E-state index in [2.05, 4.69) is 9.88 Å². The number of nitrogens with two attached hydrogens (primary N) is 1. The highest BCUT2D eigenvalue weighted by molar-refractivity contribution is 7.88. The van der Waals surface area contributed by atoms with E-state index in [9.17, 15) is 21.6 Å². The van der Waals surface area contributed by atoms with Gasteiger partial charge in [0.1, 0.15) is 0 Å². The largest absolute Gasteiger partial charge is 0.417 e. The molecule has 0 saturated carbocycles. The van der Waals surface area contributed by atoms with Crippen LogP contribution in [0.4, 0.5) is 13.2 Å². The summed E-state index contributed by atoms with van der Waals surface area (Å²) < 4.78 is 57.2. The molecule has 0 aliphatic heterocycles. The highest BCUT2D eigenvalue weighted by atomic mass is 32.2. The Labute approximate surface area is 61.2 Å². The number of ether oxygens (including phenoxy) is 1. The first-order valence-electron chi connectivity index (χ1n) is 2.24. The highest BCUT2D eigenvalue weighted by Gasteiger charge is 2.29. The Morgan fingerprint density at radius 3 is 2.18 bits per heavy atom. The smallest absolute Gasteiger partial charge is 0.348 e. The average molecular weight is 192 g/mol. The van der Waals surface area contributed by atoms with E-state index in [1.54, 1.807) is 0 Å². The minimum absolute atomic E-state index is 0.544. The molecule has 0 fully saturated rings. The van der Waals surface area contributed by atoms with Crippen LogP contribution in [0.2, 0.25) is 0 Å². The molecule has 0 aromatic rings. The third-order valence-electron chi connectivity index (χ3n) is 0.449. The highest BCUT2D eigenvalue weighted by Crippen LogP contribution is 2.18. The van der Waals surface area contributed by atoms with Crippen molar-refractivity contribution in [3.8, 4) is 0 Å². The number of alkyl halides is 3. The van der Waals surface area contributed by atoms with Crippen molar-refractivity contribution in [1.29, 1.82) is 0 Å². The predicted molar refractivity (Wildman–Crippen MR) is 29.4 cm³/mol. The maximum absolute atomic E-state index is 11.2. The molecule has 0 aliphatic carbocycles. The van der Waals surface area contributed by atoms with Gasteiger partial charge in [-0.2, -0.15) is 13.2 Å². The second-order valence-corrected chi connectivity index (χ2v) is 3.17. The summed E-state index contributed by atoms with van der Waals surface area (Å²) in [5, 5.41) is 4.32. The molecule has 0 aliphatic rings. The van der Waals surface area contributed by atoms with E-state index in [1.165, 1.54) is 0 Å². The Kier molecular flexibility index (Phi) is 3.27. The van der Waals surface area contributed by atoms with Gasteiger partial charge in [-0.05, 0) is 0 Å². The van der Waals surface area contributed by atoms with Crippen LogP contribution in [0.25, 0.3) is 0 Å². The van der Waals surface area contributed by atoms with E-state index in [0.29, 0.717) is 0 Å². The van der Waals surface area contributed by atoms with Crippen molar-refractivity contribution >= 4 is 10.0 Å². The zero-order valence-electron chi connectivity index (χ0n) is 5.13. The summed E-state index contributed by atoms with van der Waals surface area (Å²) in [4.78, 5) is 0. The van der Waals surface area contributed by atoms with Crippen LogP contribution in [0.15, 0.2) is 0 Å². The Morgan fingerprint density at radius 1 is 1.45 bits per heavy atom. The minimum Gasteiger partial charge on any atom is -0.348 e. The van der Waals surface area contributed by atoms with Crippen molar-refractivity contribution in [3.05, 3.63) is 6.61 Å². The van der Waals surface area contributed by atoms with Gasteiger partial charge in [-0.3, -0.25) is 0 Å². The maximum atomic E-state index is 11.2. The van der Waals surface area contributed by atoms with E-state index in [1.807, 2.05) is 0 Å². The molecule has 67 valence electrons. The molecule has 2 N–H and O–H groups in total. The van der Waals surface area contributed by atoms with Gasteiger partial charge in [0.05, 0.1) is 0 Å². The molecule has 1 radical (unpaired) electrons. The second-order valence-electron chi connectivity index (χ2n) is 1.61. The molecule has 0 aromatic heterocycles. The summed E-state index contributed by atoms with van der Waals surface area (Å²) in [6.07, 6.45) is -4.65. The van der Waals surface area contributed by atoms with E-state index >= 15 is 0 Å². The van der Waals surface area contributed by atoms with Gasteiger partial charge >= 0.3 is 6.18 Å². The van der Waals surface area contributed by atoms with Gasteiger partial charge in [0.2, 0.25) is 10.0 Å². The molecule has 0 rings (SSSR count). The average Bonchev–Trinajstić information content (AvgIpc) is 1.55. The normalized spacial score (nSPS) is 13.5. The number of sulfonamides is 1. The topological polar surface area (TPSA) is 69.4 Å². The molecular formula is C3H5F3NO3S. The summed E-state index contributed by atoms with van der Waals surface area (Å²) in [5.74, 6) is -1.17. The van der Waals surface area contributed by atoms with Crippen LogP contribution in [-0.2, 0) is 14.8 Å². The van der Waals surface area contributed by atoms with Crippen LogP contribution in [0.3, 0.4) is 0 Å². The van der Waals surface area contributed by atoms with Gasteiger partial charge in [-0.25, -0.2) is 13.6 Å². The fourth-order valence-electron chi connectivity index (χ4n) is 0.223. The van der Waals surface area contributed by atoms with Gasteiger partial charge in [-0.1, -0.05) is 0 Å². The van der Waals surface area contributed by atoms with Crippen molar-refractivity contribution in [2.45, 2.75) is 6.18 Å². The van der Waals surface area contributed by atoms with Gasteiger partial charge in [-0.15, -0.1) is 0 Å². The van der Waals surface area contributed by atoms with Gasteiger partial charge in [0, 0.05) is 0 Å². The number of hydrogen-bond acceptors (Lipinski definition) is 3. The van der Waals surface area contributed by atoms with Gasteiger partial charge < -0.3 is 4.74 Å². The van der Waals surface area contributed by atoms with Crippen molar-refractivity contribution in [2.75, 3.05) is 5.94 Å². The lowest BCUT2D eigenvalue weighted by Crippen LogP contribution is -2.21. The Morgan fingerprint density at radius 2 is 1.91 bits per heavy atom. The second kappa shape index (κ2) is 3.37. The monoisotopic (exact) mass is 192 g/mol. The molecule has 0 atom stereocenters. The summed E-state index contributed by atoms with van der Waals surface area (Å²) in [5.41, 5.74) is 0. The SMILES string of the molecule is NS(=O)(=O)CO[CH]C(F)(F)F. The Hall–Kier alpha value is -0.340. The maximum Gasteiger partial charge on any atom is 0.417 e. The van der Waals surface area contributed by atoms with Crippen molar-refractivity contribution < 1.29 is 26.3 Å². The molecule has 0 spiro atoms. The Bertz CT molecular complexity index is 208. The van der Waals surface area contributed by atoms with Crippen molar-refractivity contribution in [2.24, 2.45) is 5.14 Å². The number of halogens is 3. The summed E-state index contributed by atoms with van der Waals surface area (Å²) in [7, 11) is -4.00. The molecule has 0 heterocycles. The minimum atomic E-state index is -4.65. The predicted octanol–water partition coefficient (Wildman–Crippen LogP) is -0.0269. The first kappa shape index (κ1) is 10.7. The van der Waals surface area contributed by atoms with Crippen LogP contribution < -0.4 is 5.14 Å². The van der Waals surface area contributed by atoms with E-state index < -0.39 is 28.7 Å². The van der Waals surface area contributed by atoms with Crippen LogP contribution in [0.5, 0.6) is 0 Å². The molecule has 11 heavy (non-hydrogen) atoms. The number of primary sulfonamides is 1. The fraction of sp³-hybridized carbons (Fsp3) is 0.667. The molecule has 8 heteroatoms. The van der Waals surface area contributed by atoms with E-state index in [-0.39, 0.29) is 0 Å².